The van der Waals surface area contributed by atoms with Gasteiger partial charge < -0.3 is 14.4 Å². The molecule has 7 nitrogen and oxygen atoms in total. The predicted octanol–water partition coefficient (Wildman–Crippen LogP) is 5.14. The molecule has 0 radical (unpaired) electrons. The van der Waals surface area contributed by atoms with Crippen LogP contribution in [-0.2, 0) is 15.5 Å². The summed E-state index contributed by atoms with van der Waals surface area (Å²) in [5, 5.41) is 2.25. The minimum Gasteiger partial charge on any atom is -0.748 e. The van der Waals surface area contributed by atoms with Gasteiger partial charge in [-0.05, 0) is 102 Å². The lowest BCUT2D eigenvalue weighted by molar-refractivity contribution is 0.0802. The van der Waals surface area contributed by atoms with Gasteiger partial charge in [-0.1, -0.05) is 38.1 Å². The molecule has 8 heteroatoms. The van der Waals surface area contributed by atoms with Crippen molar-refractivity contribution in [1.82, 2.24) is 9.48 Å². The third-order valence-corrected chi connectivity index (χ3v) is 11.7. The van der Waals surface area contributed by atoms with Crippen LogP contribution in [0, 0.1) is 0 Å². The molecule has 2 heterocycles. The Morgan fingerprint density at radius 3 is 2.19 bits per heavy atom. The Morgan fingerprint density at radius 1 is 0.875 bits per heavy atom. The molecule has 2 aliphatic heterocycles. The number of carbonyl (C=O) groups is 1. The zero-order chi connectivity index (χ0) is 35.3. The third kappa shape index (κ3) is 5.34. The molecule has 0 saturated heterocycles. The SMILES string of the molecule is CC1=CC(C)(C)N(C)c2cc3c(cc21)C(c1ccccc1C(=O)N(C)CCS(=O)(=O)[O-])=c1cc2c(cc1C3(C)C)=[N+](C)C(C)(C)C=C2C. The number of anilines is 1. The van der Waals surface area contributed by atoms with Crippen LogP contribution in [0.3, 0.4) is 0 Å². The van der Waals surface area contributed by atoms with Crippen LogP contribution < -0.4 is 20.1 Å². The lowest BCUT2D eigenvalue weighted by Crippen LogP contribution is -2.48. The first-order valence-electron chi connectivity index (χ1n) is 16.6. The molecule has 3 aliphatic rings. The lowest BCUT2D eigenvalue weighted by Gasteiger charge is -2.43. The molecule has 48 heavy (non-hydrogen) atoms. The standard InChI is InChI=1S/C40H47N3O4S/c1-24-22-38(3,4)42(10)34-20-32-30(18-28(24)34)36(26-14-12-13-15-27(26)37(44)41(9)16-17-48(45,46)47)31-19-29-25(2)23-39(5,6)43(11)35(29)21-33(31)40(32,7)8/h12-15,18-23H,16-17H2,1-11H3. The summed E-state index contributed by atoms with van der Waals surface area (Å²) < 4.78 is 36.7. The molecule has 3 aromatic rings. The highest BCUT2D eigenvalue weighted by Crippen LogP contribution is 2.47. The average Bonchev–Trinajstić information content (AvgIpc) is 3.00. The van der Waals surface area contributed by atoms with Gasteiger partial charge in [0.2, 0.25) is 5.36 Å². The molecule has 3 aromatic carbocycles. The molecule has 252 valence electrons. The van der Waals surface area contributed by atoms with Crippen molar-refractivity contribution in [2.75, 3.05) is 38.3 Å². The topological polar surface area (TPSA) is 83.8 Å². The van der Waals surface area contributed by atoms with E-state index in [0.29, 0.717) is 5.56 Å². The molecule has 6 rings (SSSR count). The Balaban J connectivity index is 1.74. The van der Waals surface area contributed by atoms with Crippen LogP contribution in [0.4, 0.5) is 5.69 Å². The maximum absolute atomic E-state index is 14.1. The number of rotatable bonds is 5. The van der Waals surface area contributed by atoms with E-state index in [-0.39, 0.29) is 28.9 Å². The van der Waals surface area contributed by atoms with Crippen LogP contribution >= 0.6 is 0 Å². The number of likely N-dealkylation sites (N-methyl/N-ethyl adjacent to an activating group) is 2. The number of hydrogen-bond donors (Lipinski definition) is 0. The predicted molar refractivity (Wildman–Crippen MR) is 195 cm³/mol. The van der Waals surface area contributed by atoms with Crippen molar-refractivity contribution in [2.24, 2.45) is 0 Å². The molecular formula is C40H47N3O4S. The van der Waals surface area contributed by atoms with E-state index in [9.17, 15) is 17.8 Å². The Hall–Kier alpha value is -4.01. The number of amides is 1. The second kappa shape index (κ2) is 11.0. The van der Waals surface area contributed by atoms with Crippen LogP contribution in [0.5, 0.6) is 0 Å². The fourth-order valence-corrected chi connectivity index (χ4v) is 8.36. The Kier molecular flexibility index (Phi) is 7.77. The van der Waals surface area contributed by atoms with Crippen molar-refractivity contribution < 1.29 is 17.8 Å². The van der Waals surface area contributed by atoms with E-state index in [1.165, 1.54) is 38.2 Å². The summed E-state index contributed by atoms with van der Waals surface area (Å²) >= 11 is 0. The molecule has 0 fully saturated rings. The van der Waals surface area contributed by atoms with E-state index in [1.54, 1.807) is 13.1 Å². The molecule has 1 amide bonds. The van der Waals surface area contributed by atoms with Crippen LogP contribution in [0.1, 0.15) is 99.1 Å². The van der Waals surface area contributed by atoms with E-state index in [1.807, 2.05) is 18.2 Å². The molecule has 0 unspecified atom stereocenters. The van der Waals surface area contributed by atoms with Crippen molar-refractivity contribution in [1.29, 1.82) is 0 Å². The van der Waals surface area contributed by atoms with Crippen LogP contribution in [-0.4, -0.2) is 68.3 Å². The number of fused-ring (bicyclic) bond motifs is 4. The lowest BCUT2D eigenvalue weighted by atomic mass is 9.67. The highest BCUT2D eigenvalue weighted by molar-refractivity contribution is 7.85. The number of nitrogens with zero attached hydrogens (tertiary/aromatic N) is 3. The monoisotopic (exact) mass is 665 g/mol. The summed E-state index contributed by atoms with van der Waals surface area (Å²) in [6, 6.07) is 16.9. The van der Waals surface area contributed by atoms with Gasteiger partial charge in [0.1, 0.15) is 7.05 Å². The van der Waals surface area contributed by atoms with Gasteiger partial charge >= 0.3 is 0 Å². The Morgan fingerprint density at radius 2 is 1.52 bits per heavy atom. The third-order valence-electron chi connectivity index (χ3n) is 11.0. The van der Waals surface area contributed by atoms with Crippen molar-refractivity contribution in [2.45, 2.75) is 71.9 Å². The number of hydrogen-bond acceptors (Lipinski definition) is 5. The zero-order valence-corrected chi connectivity index (χ0v) is 30.9. The Bertz CT molecular complexity index is 2220. The van der Waals surface area contributed by atoms with E-state index in [4.69, 9.17) is 0 Å². The highest BCUT2D eigenvalue weighted by Gasteiger charge is 2.40. The summed E-state index contributed by atoms with van der Waals surface area (Å²) in [6.45, 7) is 17.7. The van der Waals surface area contributed by atoms with Gasteiger partial charge in [0, 0.05) is 68.3 Å². The van der Waals surface area contributed by atoms with Crippen molar-refractivity contribution in [3.63, 3.8) is 0 Å². The van der Waals surface area contributed by atoms with Crippen molar-refractivity contribution in [3.8, 4) is 0 Å². The number of benzene rings is 3. The van der Waals surface area contributed by atoms with E-state index in [2.05, 4.69) is 115 Å². The van der Waals surface area contributed by atoms with Crippen LogP contribution in [0.2, 0.25) is 0 Å². The average molecular weight is 666 g/mol. The van der Waals surface area contributed by atoms with Crippen molar-refractivity contribution >= 4 is 38.4 Å². The number of carbonyl (C=O) groups excluding carboxylic acids is 1. The van der Waals surface area contributed by atoms with Crippen molar-refractivity contribution in [3.05, 3.63) is 110 Å². The summed E-state index contributed by atoms with van der Waals surface area (Å²) in [6.07, 6.45) is 4.61. The maximum Gasteiger partial charge on any atom is 0.254 e. The minimum absolute atomic E-state index is 0.160. The molecule has 1 aliphatic carbocycles. The first kappa shape index (κ1) is 33.9. The van der Waals surface area contributed by atoms with Gasteiger partial charge in [-0.2, -0.15) is 0 Å². The minimum atomic E-state index is -4.48. The van der Waals surface area contributed by atoms with E-state index < -0.39 is 15.9 Å². The fraction of sp³-hybridized carbons (Fsp3) is 0.400. The van der Waals surface area contributed by atoms with E-state index in [0.717, 1.165) is 33.0 Å². The molecule has 0 N–H and O–H groups in total. The molecule has 0 saturated carbocycles. The smallest absolute Gasteiger partial charge is 0.254 e. The summed E-state index contributed by atoms with van der Waals surface area (Å²) in [5.41, 5.74) is 10.8. The Labute approximate surface area is 285 Å². The summed E-state index contributed by atoms with van der Waals surface area (Å²) in [5.74, 6) is -0.974. The van der Waals surface area contributed by atoms with Gasteiger partial charge in [0.05, 0.1) is 21.4 Å². The quantitative estimate of drug-likeness (QED) is 0.279. The molecule has 0 bridgehead atoms. The van der Waals surface area contributed by atoms with Gasteiger partial charge in [-0.3, -0.25) is 4.79 Å². The molecule has 0 aromatic heterocycles. The molecule has 0 spiro atoms. The van der Waals surface area contributed by atoms with Gasteiger partial charge in [-0.15, -0.1) is 0 Å². The number of allylic oxidation sites excluding steroid dienone is 2. The second-order valence-electron chi connectivity index (χ2n) is 15.4. The van der Waals surface area contributed by atoms with Crippen LogP contribution in [0.15, 0.2) is 60.7 Å². The van der Waals surface area contributed by atoms with Gasteiger partial charge in [-0.25, -0.2) is 13.0 Å². The second-order valence-corrected chi connectivity index (χ2v) is 17.0. The van der Waals surface area contributed by atoms with Gasteiger partial charge in [0.15, 0.2) is 5.54 Å². The maximum atomic E-state index is 14.1. The highest BCUT2D eigenvalue weighted by atomic mass is 32.2. The van der Waals surface area contributed by atoms with E-state index >= 15 is 0 Å². The first-order chi connectivity index (χ1) is 22.2. The molecule has 0 atom stereocenters. The zero-order valence-electron chi connectivity index (χ0n) is 30.1. The molecular weight excluding hydrogens is 619 g/mol. The first-order valence-corrected chi connectivity index (χ1v) is 18.1. The fourth-order valence-electron chi connectivity index (χ4n) is 7.86. The van der Waals surface area contributed by atoms with Crippen LogP contribution in [0.25, 0.3) is 16.7 Å². The summed E-state index contributed by atoms with van der Waals surface area (Å²) in [4.78, 5) is 17.7. The summed E-state index contributed by atoms with van der Waals surface area (Å²) in [7, 11) is 1.37. The van der Waals surface area contributed by atoms with Gasteiger partial charge in [0.25, 0.3) is 5.91 Å². The normalized spacial score (nSPS) is 18.6. The largest absolute Gasteiger partial charge is 0.748 e.